The van der Waals surface area contributed by atoms with Crippen LogP contribution in [-0.2, 0) is 6.42 Å². The van der Waals surface area contributed by atoms with Crippen molar-refractivity contribution in [2.75, 3.05) is 37.6 Å². The van der Waals surface area contributed by atoms with Crippen LogP contribution in [0.15, 0.2) is 72.8 Å². The highest BCUT2D eigenvalue weighted by Gasteiger charge is 2.36. The van der Waals surface area contributed by atoms with Crippen LogP contribution in [-0.4, -0.2) is 65.2 Å². The van der Waals surface area contributed by atoms with Gasteiger partial charge in [-0.05, 0) is 42.3 Å². The van der Waals surface area contributed by atoms with Gasteiger partial charge >= 0.3 is 0 Å². The second-order valence-corrected chi connectivity index (χ2v) is 8.81. The smallest absolute Gasteiger partial charge is 0.269 e. The second-order valence-electron chi connectivity index (χ2n) is 8.81. The molecule has 0 radical (unpaired) electrons. The van der Waals surface area contributed by atoms with Crippen molar-refractivity contribution in [2.45, 2.75) is 6.42 Å². The van der Waals surface area contributed by atoms with Crippen molar-refractivity contribution < 1.29 is 19.3 Å². The van der Waals surface area contributed by atoms with E-state index in [2.05, 4.69) is 4.90 Å². The van der Waals surface area contributed by atoms with E-state index in [0.29, 0.717) is 43.7 Å². The summed E-state index contributed by atoms with van der Waals surface area (Å²) < 4.78 is 0. The number of carbonyl (C=O) groups is 3. The summed E-state index contributed by atoms with van der Waals surface area (Å²) in [5.74, 6) is -0.894. The molecule has 0 aliphatic carbocycles. The highest BCUT2D eigenvalue weighted by Crippen LogP contribution is 2.26. The number of imide groups is 1. The van der Waals surface area contributed by atoms with Gasteiger partial charge in [0.1, 0.15) is 0 Å². The summed E-state index contributed by atoms with van der Waals surface area (Å²) in [5, 5.41) is 10.9. The standard InChI is InChI=1S/C27H24N4O5/c32-25(29-16-14-28(15-17-29)21-7-9-22(10-8-21)31(35)36)20-6-11-23-24(18-20)27(34)30(26(23)33)13-12-19-4-2-1-3-5-19/h1-11,18H,12-17H2. The molecule has 1 fully saturated rings. The van der Waals surface area contributed by atoms with Gasteiger partial charge in [0, 0.05) is 56.1 Å². The van der Waals surface area contributed by atoms with E-state index in [1.54, 1.807) is 29.2 Å². The molecular weight excluding hydrogens is 460 g/mol. The normalized spacial score (nSPS) is 15.3. The number of amides is 3. The minimum absolute atomic E-state index is 0.0378. The lowest BCUT2D eigenvalue weighted by Gasteiger charge is -2.36. The van der Waals surface area contributed by atoms with Crippen molar-refractivity contribution in [3.8, 4) is 0 Å². The van der Waals surface area contributed by atoms with Gasteiger partial charge in [0.15, 0.2) is 0 Å². The summed E-state index contributed by atoms with van der Waals surface area (Å²) in [6, 6.07) is 20.7. The predicted octanol–water partition coefficient (Wildman–Crippen LogP) is 3.40. The Morgan fingerprint density at radius 1 is 0.833 bits per heavy atom. The molecular formula is C27H24N4O5. The van der Waals surface area contributed by atoms with E-state index in [-0.39, 0.29) is 35.5 Å². The van der Waals surface area contributed by atoms with Crippen LogP contribution in [0.5, 0.6) is 0 Å². The Hall–Kier alpha value is -4.53. The van der Waals surface area contributed by atoms with Crippen LogP contribution in [0.2, 0.25) is 0 Å². The van der Waals surface area contributed by atoms with E-state index in [9.17, 15) is 24.5 Å². The molecule has 182 valence electrons. The zero-order chi connectivity index (χ0) is 25.2. The molecule has 0 N–H and O–H groups in total. The van der Waals surface area contributed by atoms with E-state index in [4.69, 9.17) is 0 Å². The highest BCUT2D eigenvalue weighted by molar-refractivity contribution is 6.22. The van der Waals surface area contributed by atoms with E-state index in [0.717, 1.165) is 11.3 Å². The van der Waals surface area contributed by atoms with Gasteiger partial charge in [-0.25, -0.2) is 0 Å². The SMILES string of the molecule is O=C(c1ccc2c(c1)C(=O)N(CCc1ccccc1)C2=O)N1CCN(c2ccc([N+](=O)[O-])cc2)CC1. The first-order chi connectivity index (χ1) is 17.4. The lowest BCUT2D eigenvalue weighted by molar-refractivity contribution is -0.384. The fourth-order valence-corrected chi connectivity index (χ4v) is 4.65. The number of hydrogen-bond donors (Lipinski definition) is 0. The van der Waals surface area contributed by atoms with Crippen molar-refractivity contribution in [3.63, 3.8) is 0 Å². The van der Waals surface area contributed by atoms with Gasteiger partial charge in [-0.15, -0.1) is 0 Å². The van der Waals surface area contributed by atoms with Crippen LogP contribution in [0.1, 0.15) is 36.6 Å². The molecule has 5 rings (SSSR count). The van der Waals surface area contributed by atoms with E-state index < -0.39 is 4.92 Å². The molecule has 2 heterocycles. The third-order valence-electron chi connectivity index (χ3n) is 6.68. The number of fused-ring (bicyclic) bond motifs is 1. The molecule has 0 aromatic heterocycles. The summed E-state index contributed by atoms with van der Waals surface area (Å²) in [6.45, 7) is 2.40. The molecule has 0 spiro atoms. The molecule has 0 bridgehead atoms. The number of nitro benzene ring substituents is 1. The molecule has 0 atom stereocenters. The molecule has 0 unspecified atom stereocenters. The van der Waals surface area contributed by atoms with Crippen molar-refractivity contribution >= 4 is 29.1 Å². The Morgan fingerprint density at radius 3 is 2.17 bits per heavy atom. The Balaban J connectivity index is 1.23. The first kappa shape index (κ1) is 23.2. The molecule has 1 saturated heterocycles. The number of nitro groups is 1. The lowest BCUT2D eigenvalue weighted by Crippen LogP contribution is -2.48. The molecule has 2 aliphatic heterocycles. The first-order valence-corrected chi connectivity index (χ1v) is 11.8. The number of piperazine rings is 1. The van der Waals surface area contributed by atoms with Crippen LogP contribution < -0.4 is 4.90 Å². The average Bonchev–Trinajstić information content (AvgIpc) is 3.16. The van der Waals surface area contributed by atoms with Crippen molar-refractivity contribution in [3.05, 3.63) is 105 Å². The van der Waals surface area contributed by atoms with Crippen LogP contribution in [0.25, 0.3) is 0 Å². The number of rotatable bonds is 6. The maximum atomic E-state index is 13.2. The number of carbonyl (C=O) groups excluding carboxylic acids is 3. The van der Waals surface area contributed by atoms with Crippen molar-refractivity contribution in [1.29, 1.82) is 0 Å². The van der Waals surface area contributed by atoms with Gasteiger partial charge in [-0.2, -0.15) is 0 Å². The lowest BCUT2D eigenvalue weighted by atomic mass is 10.0. The number of non-ortho nitro benzene ring substituents is 1. The summed E-state index contributed by atoms with van der Waals surface area (Å²) in [6.07, 6.45) is 0.567. The predicted molar refractivity (Wildman–Crippen MR) is 133 cm³/mol. The summed E-state index contributed by atoms with van der Waals surface area (Å²) >= 11 is 0. The minimum atomic E-state index is -0.433. The Labute approximate surface area is 207 Å². The summed E-state index contributed by atoms with van der Waals surface area (Å²) in [7, 11) is 0. The number of anilines is 1. The topological polar surface area (TPSA) is 104 Å². The fourth-order valence-electron chi connectivity index (χ4n) is 4.65. The first-order valence-electron chi connectivity index (χ1n) is 11.8. The van der Waals surface area contributed by atoms with Gasteiger partial charge in [-0.1, -0.05) is 30.3 Å². The third kappa shape index (κ3) is 4.43. The molecule has 9 heteroatoms. The molecule has 36 heavy (non-hydrogen) atoms. The van der Waals surface area contributed by atoms with Gasteiger partial charge in [0.25, 0.3) is 23.4 Å². The van der Waals surface area contributed by atoms with Crippen molar-refractivity contribution in [1.82, 2.24) is 9.80 Å². The zero-order valence-corrected chi connectivity index (χ0v) is 19.5. The van der Waals surface area contributed by atoms with E-state index >= 15 is 0 Å². The molecule has 0 saturated carbocycles. The van der Waals surface area contributed by atoms with Gasteiger partial charge in [-0.3, -0.25) is 29.4 Å². The Morgan fingerprint density at radius 2 is 1.50 bits per heavy atom. The van der Waals surface area contributed by atoms with Crippen LogP contribution >= 0.6 is 0 Å². The molecule has 2 aliphatic rings. The third-order valence-corrected chi connectivity index (χ3v) is 6.68. The zero-order valence-electron chi connectivity index (χ0n) is 19.5. The van der Waals surface area contributed by atoms with Gasteiger partial charge < -0.3 is 9.80 Å². The number of nitrogens with zero attached hydrogens (tertiary/aromatic N) is 4. The average molecular weight is 485 g/mol. The summed E-state index contributed by atoms with van der Waals surface area (Å²) in [5.41, 5.74) is 2.91. The Kier molecular flexibility index (Phi) is 6.20. The van der Waals surface area contributed by atoms with Gasteiger partial charge in [0.2, 0.25) is 0 Å². The number of hydrogen-bond acceptors (Lipinski definition) is 6. The van der Waals surface area contributed by atoms with E-state index in [1.807, 2.05) is 30.3 Å². The quantitative estimate of drug-likeness (QED) is 0.302. The molecule has 9 nitrogen and oxygen atoms in total. The molecule has 3 aromatic rings. The fraction of sp³-hybridized carbons (Fsp3) is 0.222. The summed E-state index contributed by atoms with van der Waals surface area (Å²) in [4.78, 5) is 54.4. The monoisotopic (exact) mass is 484 g/mol. The maximum Gasteiger partial charge on any atom is 0.269 e. The van der Waals surface area contributed by atoms with Crippen LogP contribution in [0, 0.1) is 10.1 Å². The molecule has 3 amide bonds. The second kappa shape index (κ2) is 9.61. The highest BCUT2D eigenvalue weighted by atomic mass is 16.6. The maximum absolute atomic E-state index is 13.2. The van der Waals surface area contributed by atoms with Gasteiger partial charge in [0.05, 0.1) is 16.1 Å². The Bertz CT molecular complexity index is 1330. The largest absolute Gasteiger partial charge is 0.368 e. The van der Waals surface area contributed by atoms with Crippen LogP contribution in [0.4, 0.5) is 11.4 Å². The minimum Gasteiger partial charge on any atom is -0.368 e. The van der Waals surface area contributed by atoms with Crippen molar-refractivity contribution in [2.24, 2.45) is 0 Å². The molecule has 3 aromatic carbocycles. The van der Waals surface area contributed by atoms with E-state index in [1.165, 1.54) is 23.1 Å². The van der Waals surface area contributed by atoms with Crippen LogP contribution in [0.3, 0.4) is 0 Å². The number of benzene rings is 3.